The van der Waals surface area contributed by atoms with E-state index in [0.717, 1.165) is 18.4 Å². The Labute approximate surface area is 140 Å². The molecule has 0 unspecified atom stereocenters. The van der Waals surface area contributed by atoms with Gasteiger partial charge in [-0.3, -0.25) is 9.52 Å². The maximum Gasteiger partial charge on any atom is 0.257 e. The number of H-pyrrole nitrogens is 1. The van der Waals surface area contributed by atoms with Crippen LogP contribution in [-0.4, -0.2) is 24.6 Å². The van der Waals surface area contributed by atoms with Gasteiger partial charge >= 0.3 is 0 Å². The van der Waals surface area contributed by atoms with Crippen LogP contribution in [0.15, 0.2) is 36.7 Å². The fraction of sp³-hybridized carbons (Fsp3) is 0.353. The van der Waals surface area contributed by atoms with Gasteiger partial charge in [0.25, 0.3) is 5.91 Å². The van der Waals surface area contributed by atoms with Crippen molar-refractivity contribution in [3.63, 3.8) is 0 Å². The van der Waals surface area contributed by atoms with Gasteiger partial charge < -0.3 is 10.3 Å². The monoisotopic (exact) mass is 345 g/mol. The summed E-state index contributed by atoms with van der Waals surface area (Å²) in [6.45, 7) is 0. The third kappa shape index (κ3) is 3.17. The molecule has 126 valence electrons. The number of amides is 1. The molecule has 2 saturated carbocycles. The second kappa shape index (κ2) is 5.66. The lowest BCUT2D eigenvalue weighted by atomic mass is 10.1. The normalized spacial score (nSPS) is 17.5. The van der Waals surface area contributed by atoms with Gasteiger partial charge in [0, 0.05) is 18.1 Å². The van der Waals surface area contributed by atoms with Gasteiger partial charge in [-0.15, -0.1) is 0 Å². The molecule has 0 atom stereocenters. The summed E-state index contributed by atoms with van der Waals surface area (Å²) in [6, 6.07) is 6.79. The third-order valence-electron chi connectivity index (χ3n) is 4.38. The summed E-state index contributed by atoms with van der Waals surface area (Å²) >= 11 is 0. The Morgan fingerprint density at radius 3 is 2.54 bits per heavy atom. The Hall–Kier alpha value is -2.28. The van der Waals surface area contributed by atoms with Crippen molar-refractivity contribution in [2.45, 2.75) is 36.9 Å². The minimum absolute atomic E-state index is 0.180. The first-order valence-corrected chi connectivity index (χ1v) is 9.67. The molecule has 4 rings (SSSR count). The lowest BCUT2D eigenvalue weighted by molar-refractivity contribution is 0.102. The van der Waals surface area contributed by atoms with Gasteiger partial charge in [-0.25, -0.2) is 8.42 Å². The molecule has 6 nitrogen and oxygen atoms in total. The highest BCUT2D eigenvalue weighted by molar-refractivity contribution is 7.93. The first-order valence-electron chi connectivity index (χ1n) is 8.13. The van der Waals surface area contributed by atoms with Crippen molar-refractivity contribution in [3.05, 3.63) is 47.8 Å². The number of aromatic amines is 1. The maximum absolute atomic E-state index is 12.5. The highest BCUT2D eigenvalue weighted by Crippen LogP contribution is 2.41. The van der Waals surface area contributed by atoms with Crippen molar-refractivity contribution in [2.75, 3.05) is 10.0 Å². The van der Waals surface area contributed by atoms with Crippen LogP contribution in [0.1, 0.15) is 47.5 Å². The summed E-state index contributed by atoms with van der Waals surface area (Å²) in [5, 5.41) is 2.56. The molecule has 3 N–H and O–H groups in total. The number of carbonyl (C=O) groups excluding carboxylic acids is 1. The molecule has 2 aliphatic rings. The number of aromatic nitrogens is 1. The van der Waals surface area contributed by atoms with E-state index >= 15 is 0 Å². The van der Waals surface area contributed by atoms with E-state index in [2.05, 4.69) is 15.0 Å². The van der Waals surface area contributed by atoms with Gasteiger partial charge in [-0.05, 0) is 55.4 Å². The van der Waals surface area contributed by atoms with E-state index in [0.29, 0.717) is 35.7 Å². The number of nitrogens with one attached hydrogen (secondary N) is 3. The topological polar surface area (TPSA) is 91.1 Å². The standard InChI is InChI=1S/C17H19N3O3S/c21-17(16-10-18-9-15(16)11-4-5-11)19-12-2-1-3-13(8-12)20-24(22,23)14-6-7-14/h1-3,8-11,14,18,20H,4-7H2,(H,19,21). The Bertz CT molecular complexity index is 880. The van der Waals surface area contributed by atoms with E-state index in [4.69, 9.17) is 0 Å². The van der Waals surface area contributed by atoms with Gasteiger partial charge in [-0.1, -0.05) is 6.07 Å². The van der Waals surface area contributed by atoms with Crippen LogP contribution in [0.2, 0.25) is 0 Å². The second-order valence-corrected chi connectivity index (χ2v) is 8.44. The highest BCUT2D eigenvalue weighted by atomic mass is 32.2. The largest absolute Gasteiger partial charge is 0.367 e. The van der Waals surface area contributed by atoms with Crippen LogP contribution < -0.4 is 10.0 Å². The Morgan fingerprint density at radius 2 is 1.83 bits per heavy atom. The fourth-order valence-electron chi connectivity index (χ4n) is 2.79. The zero-order valence-corrected chi connectivity index (χ0v) is 13.9. The van der Waals surface area contributed by atoms with Gasteiger partial charge in [0.1, 0.15) is 0 Å². The maximum atomic E-state index is 12.5. The van der Waals surface area contributed by atoms with E-state index in [-0.39, 0.29) is 11.2 Å². The summed E-state index contributed by atoms with van der Waals surface area (Å²) in [4.78, 5) is 15.5. The number of hydrogen-bond donors (Lipinski definition) is 3. The molecular weight excluding hydrogens is 326 g/mol. The van der Waals surface area contributed by atoms with Crippen molar-refractivity contribution < 1.29 is 13.2 Å². The molecule has 0 aliphatic heterocycles. The van der Waals surface area contributed by atoms with Gasteiger partial charge in [0.05, 0.1) is 16.5 Å². The summed E-state index contributed by atoms with van der Waals surface area (Å²) in [5.74, 6) is 0.300. The third-order valence-corrected chi connectivity index (χ3v) is 6.25. The lowest BCUT2D eigenvalue weighted by Gasteiger charge is -2.10. The highest BCUT2D eigenvalue weighted by Gasteiger charge is 2.35. The van der Waals surface area contributed by atoms with Crippen LogP contribution in [0, 0.1) is 0 Å². The smallest absolute Gasteiger partial charge is 0.257 e. The molecule has 2 fully saturated rings. The first-order chi connectivity index (χ1) is 11.5. The zero-order valence-electron chi connectivity index (χ0n) is 13.1. The lowest BCUT2D eigenvalue weighted by Crippen LogP contribution is -2.17. The molecule has 1 amide bonds. The molecule has 0 radical (unpaired) electrons. The average Bonchev–Trinajstić information content (AvgIpc) is 3.45. The molecule has 0 bridgehead atoms. The number of benzene rings is 1. The SMILES string of the molecule is O=C(Nc1cccc(NS(=O)(=O)C2CC2)c1)c1c[nH]cc1C1CC1. The number of carbonyl (C=O) groups is 1. The van der Waals surface area contributed by atoms with Crippen molar-refractivity contribution in [3.8, 4) is 0 Å². The van der Waals surface area contributed by atoms with E-state index in [9.17, 15) is 13.2 Å². The van der Waals surface area contributed by atoms with Crippen LogP contribution in [0.25, 0.3) is 0 Å². The molecule has 0 saturated heterocycles. The molecule has 7 heteroatoms. The number of hydrogen-bond acceptors (Lipinski definition) is 3. The Kier molecular flexibility index (Phi) is 3.60. The van der Waals surface area contributed by atoms with Gasteiger partial charge in [0.15, 0.2) is 0 Å². The van der Waals surface area contributed by atoms with Gasteiger partial charge in [0.2, 0.25) is 10.0 Å². The molecule has 1 heterocycles. The number of rotatable bonds is 6. The molecule has 24 heavy (non-hydrogen) atoms. The van der Waals surface area contributed by atoms with Crippen LogP contribution >= 0.6 is 0 Å². The van der Waals surface area contributed by atoms with E-state index in [1.54, 1.807) is 30.5 Å². The predicted molar refractivity (Wildman–Crippen MR) is 92.7 cm³/mol. The van der Waals surface area contributed by atoms with Crippen LogP contribution in [0.4, 0.5) is 11.4 Å². The molecule has 2 aromatic rings. The molecule has 2 aliphatic carbocycles. The van der Waals surface area contributed by atoms with Crippen molar-refractivity contribution in [1.29, 1.82) is 0 Å². The number of sulfonamides is 1. The summed E-state index contributed by atoms with van der Waals surface area (Å²) in [6.07, 6.45) is 7.26. The summed E-state index contributed by atoms with van der Waals surface area (Å²) < 4.78 is 26.6. The molecule has 1 aromatic heterocycles. The van der Waals surface area contributed by atoms with Crippen molar-refractivity contribution in [1.82, 2.24) is 4.98 Å². The summed E-state index contributed by atoms with van der Waals surface area (Å²) in [7, 11) is -3.31. The minimum Gasteiger partial charge on any atom is -0.367 e. The fourth-order valence-corrected chi connectivity index (χ4v) is 4.17. The zero-order chi connectivity index (χ0) is 16.7. The van der Waals surface area contributed by atoms with E-state index in [1.165, 1.54) is 0 Å². The van der Waals surface area contributed by atoms with Crippen LogP contribution in [-0.2, 0) is 10.0 Å². The van der Waals surface area contributed by atoms with E-state index < -0.39 is 10.0 Å². The van der Waals surface area contributed by atoms with Crippen molar-refractivity contribution in [2.24, 2.45) is 0 Å². The van der Waals surface area contributed by atoms with Crippen LogP contribution in [0.5, 0.6) is 0 Å². The average molecular weight is 345 g/mol. The predicted octanol–water partition coefficient (Wildman–Crippen LogP) is 3.05. The summed E-state index contributed by atoms with van der Waals surface area (Å²) in [5.41, 5.74) is 2.75. The molecule has 1 aromatic carbocycles. The van der Waals surface area contributed by atoms with E-state index in [1.807, 2.05) is 6.20 Å². The minimum atomic E-state index is -3.31. The Morgan fingerprint density at radius 1 is 1.08 bits per heavy atom. The quantitative estimate of drug-likeness (QED) is 0.751. The Balaban J connectivity index is 1.49. The number of anilines is 2. The second-order valence-electron chi connectivity index (χ2n) is 6.48. The molecule has 0 spiro atoms. The first kappa shape index (κ1) is 15.3. The van der Waals surface area contributed by atoms with Gasteiger partial charge in [-0.2, -0.15) is 0 Å². The van der Waals surface area contributed by atoms with Crippen molar-refractivity contribution >= 4 is 27.3 Å². The van der Waals surface area contributed by atoms with Crippen LogP contribution in [0.3, 0.4) is 0 Å². The molecular formula is C17H19N3O3S.